The zero-order chi connectivity index (χ0) is 19.6. The summed E-state index contributed by atoms with van der Waals surface area (Å²) in [6.07, 6.45) is -1.63. The van der Waals surface area contributed by atoms with Crippen molar-refractivity contribution in [3.63, 3.8) is 0 Å². The number of benzene rings is 2. The predicted molar refractivity (Wildman–Crippen MR) is 97.8 cm³/mol. The molecule has 0 aliphatic carbocycles. The lowest BCUT2D eigenvalue weighted by Crippen LogP contribution is -2.46. The van der Waals surface area contributed by atoms with Crippen molar-refractivity contribution >= 4 is 10.9 Å². The van der Waals surface area contributed by atoms with E-state index in [1.54, 1.807) is 12.3 Å². The number of hydrogen-bond donors (Lipinski definition) is 2. The maximum absolute atomic E-state index is 12.6. The average Bonchev–Trinajstić information content (AvgIpc) is 3.14. The number of hydrogen-bond acceptors (Lipinski definition) is 4. The molecule has 2 N–H and O–H groups in total. The van der Waals surface area contributed by atoms with Crippen LogP contribution in [0.15, 0.2) is 48.7 Å². The number of nitrogens with zero attached hydrogens (tertiary/aromatic N) is 1. The van der Waals surface area contributed by atoms with Crippen LogP contribution >= 0.6 is 0 Å². The Morgan fingerprint density at radius 1 is 1.14 bits per heavy atom. The van der Waals surface area contributed by atoms with E-state index in [0.29, 0.717) is 32.6 Å². The number of rotatable bonds is 5. The van der Waals surface area contributed by atoms with Gasteiger partial charge in [0.25, 0.3) is 0 Å². The third-order valence-corrected chi connectivity index (χ3v) is 5.10. The number of alkyl halides is 3. The van der Waals surface area contributed by atoms with Crippen LogP contribution in [0.3, 0.4) is 0 Å². The first-order valence-electron chi connectivity index (χ1n) is 9.05. The van der Waals surface area contributed by atoms with E-state index in [1.165, 1.54) is 12.1 Å². The second-order valence-corrected chi connectivity index (χ2v) is 6.92. The molecule has 4 rings (SSSR count). The Morgan fingerprint density at radius 2 is 1.96 bits per heavy atom. The molecule has 0 unspecified atom stereocenters. The number of fused-ring (bicyclic) bond motifs is 1. The molecule has 3 aromatic rings. The molecule has 1 aliphatic heterocycles. The highest BCUT2D eigenvalue weighted by Crippen LogP contribution is 2.35. The van der Waals surface area contributed by atoms with Gasteiger partial charge in [-0.15, -0.1) is 13.2 Å². The molecule has 0 spiro atoms. The van der Waals surface area contributed by atoms with Crippen LogP contribution in [0.1, 0.15) is 24.0 Å². The molecule has 0 saturated carbocycles. The lowest BCUT2D eigenvalue weighted by atomic mass is 9.82. The first-order valence-corrected chi connectivity index (χ1v) is 9.05. The van der Waals surface area contributed by atoms with Crippen LogP contribution in [0.2, 0.25) is 0 Å². The summed E-state index contributed by atoms with van der Waals surface area (Å²) >= 11 is 0. The summed E-state index contributed by atoms with van der Waals surface area (Å²) < 4.78 is 47.4. The molecular weight excluding hydrogens is 371 g/mol. The van der Waals surface area contributed by atoms with Gasteiger partial charge in [0.2, 0.25) is 0 Å². The normalized spacial score (nSPS) is 17.0. The van der Waals surface area contributed by atoms with Crippen molar-refractivity contribution in [3.8, 4) is 5.75 Å². The number of aromatic nitrogens is 2. The van der Waals surface area contributed by atoms with Crippen molar-refractivity contribution in [3.05, 3.63) is 59.8 Å². The molecule has 8 heteroatoms. The minimum Gasteiger partial charge on any atom is -0.406 e. The lowest BCUT2D eigenvalue weighted by molar-refractivity contribution is -0.274. The number of nitrogens with one attached hydrogen (secondary N) is 2. The van der Waals surface area contributed by atoms with Crippen LogP contribution < -0.4 is 10.1 Å². The van der Waals surface area contributed by atoms with Crippen molar-refractivity contribution < 1.29 is 22.6 Å². The summed E-state index contributed by atoms with van der Waals surface area (Å²) in [5.41, 5.74) is 2.29. The van der Waals surface area contributed by atoms with Crippen molar-refractivity contribution in [1.82, 2.24) is 15.5 Å². The Bertz CT molecular complexity index is 949. The minimum atomic E-state index is -4.71. The van der Waals surface area contributed by atoms with Crippen LogP contribution in [0, 0.1) is 0 Å². The fraction of sp³-hybridized carbons (Fsp3) is 0.350. The van der Waals surface area contributed by atoms with Gasteiger partial charge in [0.05, 0.1) is 11.7 Å². The van der Waals surface area contributed by atoms with Gasteiger partial charge in [-0.3, -0.25) is 5.10 Å². The zero-order valence-corrected chi connectivity index (χ0v) is 15.1. The lowest BCUT2D eigenvalue weighted by Gasteiger charge is -2.39. The maximum atomic E-state index is 12.6. The summed E-state index contributed by atoms with van der Waals surface area (Å²) in [6.45, 7) is 1.65. The summed E-state index contributed by atoms with van der Waals surface area (Å²) in [5, 5.41) is 11.6. The molecule has 1 aliphatic rings. The quantitative estimate of drug-likeness (QED) is 0.683. The molecule has 28 heavy (non-hydrogen) atoms. The average molecular weight is 391 g/mol. The Kier molecular flexibility index (Phi) is 4.99. The molecule has 0 bridgehead atoms. The predicted octanol–water partition coefficient (Wildman–Crippen LogP) is 4.26. The van der Waals surface area contributed by atoms with E-state index in [0.717, 1.165) is 22.0 Å². The minimum absolute atomic E-state index is 0.212. The molecule has 1 fully saturated rings. The fourth-order valence-electron chi connectivity index (χ4n) is 3.64. The van der Waals surface area contributed by atoms with Crippen LogP contribution in [0.4, 0.5) is 13.2 Å². The van der Waals surface area contributed by atoms with Gasteiger partial charge in [-0.1, -0.05) is 24.3 Å². The Labute approximate surface area is 159 Å². The maximum Gasteiger partial charge on any atom is 0.573 e. The summed E-state index contributed by atoms with van der Waals surface area (Å²) in [7, 11) is 0. The molecule has 2 heterocycles. The summed E-state index contributed by atoms with van der Waals surface area (Å²) in [4.78, 5) is 0. The van der Waals surface area contributed by atoms with Crippen LogP contribution in [-0.4, -0.2) is 29.8 Å². The molecule has 148 valence electrons. The SMILES string of the molecule is FC(F)(F)Oc1cccc(C2(NCc3ccc4cn[nH]c4c3)CCOCC2)c1. The van der Waals surface area contributed by atoms with Crippen molar-refractivity contribution in [2.45, 2.75) is 31.3 Å². The fourth-order valence-corrected chi connectivity index (χ4v) is 3.64. The number of H-pyrrole nitrogens is 1. The first kappa shape index (κ1) is 18.8. The molecule has 2 aromatic carbocycles. The molecule has 1 aromatic heterocycles. The highest BCUT2D eigenvalue weighted by Gasteiger charge is 2.36. The van der Waals surface area contributed by atoms with E-state index < -0.39 is 11.9 Å². The van der Waals surface area contributed by atoms with Gasteiger partial charge in [0.15, 0.2) is 0 Å². The Hall–Kier alpha value is -2.58. The first-order chi connectivity index (χ1) is 13.4. The van der Waals surface area contributed by atoms with E-state index in [4.69, 9.17) is 4.74 Å². The van der Waals surface area contributed by atoms with E-state index in [1.807, 2.05) is 24.3 Å². The topological polar surface area (TPSA) is 59.2 Å². The number of aromatic amines is 1. The molecule has 1 saturated heterocycles. The highest BCUT2D eigenvalue weighted by atomic mass is 19.4. The molecule has 0 amide bonds. The second kappa shape index (κ2) is 7.44. The van der Waals surface area contributed by atoms with E-state index >= 15 is 0 Å². The van der Waals surface area contributed by atoms with E-state index in [9.17, 15) is 13.2 Å². The van der Waals surface area contributed by atoms with Gasteiger partial charge in [-0.05, 0) is 42.2 Å². The van der Waals surface area contributed by atoms with E-state index in [2.05, 4.69) is 20.3 Å². The molecular formula is C20H20F3N3O2. The smallest absolute Gasteiger partial charge is 0.406 e. The van der Waals surface area contributed by atoms with E-state index in [-0.39, 0.29) is 5.75 Å². The monoisotopic (exact) mass is 391 g/mol. The van der Waals surface area contributed by atoms with Gasteiger partial charge < -0.3 is 14.8 Å². The Balaban J connectivity index is 1.58. The van der Waals surface area contributed by atoms with Crippen molar-refractivity contribution in [1.29, 1.82) is 0 Å². The highest BCUT2D eigenvalue weighted by molar-refractivity contribution is 5.78. The summed E-state index contributed by atoms with van der Waals surface area (Å²) in [5.74, 6) is -0.212. The second-order valence-electron chi connectivity index (χ2n) is 6.92. The van der Waals surface area contributed by atoms with Crippen molar-refractivity contribution in [2.75, 3.05) is 13.2 Å². The van der Waals surface area contributed by atoms with Gasteiger partial charge in [-0.25, -0.2) is 0 Å². The largest absolute Gasteiger partial charge is 0.573 e. The Morgan fingerprint density at radius 3 is 2.75 bits per heavy atom. The van der Waals surface area contributed by atoms with Gasteiger partial charge in [-0.2, -0.15) is 5.10 Å². The van der Waals surface area contributed by atoms with Crippen molar-refractivity contribution in [2.24, 2.45) is 0 Å². The standard InChI is InChI=1S/C20H20F3N3O2/c21-20(22,23)28-17-3-1-2-16(11-17)19(6-8-27-9-7-19)24-12-14-4-5-15-13-25-26-18(15)10-14/h1-5,10-11,13,24H,6-9,12H2,(H,25,26). The third-order valence-electron chi connectivity index (χ3n) is 5.10. The summed E-state index contributed by atoms with van der Waals surface area (Å²) in [6, 6.07) is 12.2. The number of ether oxygens (including phenoxy) is 2. The number of halogens is 3. The van der Waals surface area contributed by atoms with Gasteiger partial charge >= 0.3 is 6.36 Å². The van der Waals surface area contributed by atoms with Gasteiger partial charge in [0, 0.05) is 30.7 Å². The van der Waals surface area contributed by atoms with Crippen LogP contribution in [0.25, 0.3) is 10.9 Å². The third kappa shape index (κ3) is 4.13. The van der Waals surface area contributed by atoms with Crippen LogP contribution in [0.5, 0.6) is 5.75 Å². The molecule has 5 nitrogen and oxygen atoms in total. The zero-order valence-electron chi connectivity index (χ0n) is 15.1. The molecule has 0 atom stereocenters. The van der Waals surface area contributed by atoms with Crippen LogP contribution in [-0.2, 0) is 16.8 Å². The van der Waals surface area contributed by atoms with Gasteiger partial charge in [0.1, 0.15) is 5.75 Å². The molecule has 0 radical (unpaired) electrons.